The molecule has 0 spiro atoms. The molecule has 2 aromatic carbocycles. The zero-order valence-electron chi connectivity index (χ0n) is 19.5. The lowest BCUT2D eigenvalue weighted by Crippen LogP contribution is -2.42. The highest BCUT2D eigenvalue weighted by Gasteiger charge is 2.32. The van der Waals surface area contributed by atoms with Crippen LogP contribution in [-0.2, 0) is 10.0 Å². The summed E-state index contributed by atoms with van der Waals surface area (Å²) in [6, 6.07) is 14.2. The highest BCUT2D eigenvalue weighted by Crippen LogP contribution is 2.33. The van der Waals surface area contributed by atoms with Gasteiger partial charge in [-0.1, -0.05) is 59.1 Å². The lowest BCUT2D eigenvalue weighted by atomic mass is 10.00. The Morgan fingerprint density at radius 1 is 1.08 bits per heavy atom. The summed E-state index contributed by atoms with van der Waals surface area (Å²) in [7, 11) is -3.76. The first kappa shape index (κ1) is 25.3. The van der Waals surface area contributed by atoms with Crippen molar-refractivity contribution in [2.45, 2.75) is 24.7 Å². The Labute approximate surface area is 225 Å². The summed E-state index contributed by atoms with van der Waals surface area (Å²) in [6.45, 7) is 3.34. The summed E-state index contributed by atoms with van der Waals surface area (Å²) in [5.74, 6) is 0.857. The molecular weight excluding hydrogens is 541 g/mol. The van der Waals surface area contributed by atoms with Gasteiger partial charge in [-0.3, -0.25) is 0 Å². The Bertz CT molecular complexity index is 1540. The van der Waals surface area contributed by atoms with Crippen molar-refractivity contribution < 1.29 is 8.42 Å². The van der Waals surface area contributed by atoms with Gasteiger partial charge in [-0.25, -0.2) is 13.4 Å². The van der Waals surface area contributed by atoms with Gasteiger partial charge < -0.3 is 5.32 Å². The molecule has 1 saturated heterocycles. The number of anilines is 1. The van der Waals surface area contributed by atoms with Crippen molar-refractivity contribution in [3.8, 4) is 11.3 Å². The monoisotopic (exact) mass is 563 g/mol. The molecule has 0 amide bonds. The Morgan fingerprint density at radius 3 is 2.67 bits per heavy atom. The molecule has 1 fully saturated rings. The summed E-state index contributed by atoms with van der Waals surface area (Å²) in [5.41, 5.74) is 3.25. The number of nitrogens with zero attached hydrogens (tertiary/aromatic N) is 4. The fraction of sp³-hybridized carbons (Fsp3) is 0.280. The van der Waals surface area contributed by atoms with Gasteiger partial charge in [-0.2, -0.15) is 13.9 Å². The van der Waals surface area contributed by atoms with Gasteiger partial charge in [-0.05, 0) is 43.9 Å². The van der Waals surface area contributed by atoms with Gasteiger partial charge in [0.2, 0.25) is 10.0 Å². The number of aromatic nitrogens is 3. The number of rotatable bonds is 6. The number of hydrogen-bond acceptors (Lipinski definition) is 5. The first-order valence-electron chi connectivity index (χ1n) is 11.5. The maximum Gasteiger partial charge on any atom is 0.244 e. The maximum atomic E-state index is 13.3. The molecule has 188 valence electrons. The van der Waals surface area contributed by atoms with Crippen LogP contribution in [0.1, 0.15) is 18.4 Å². The van der Waals surface area contributed by atoms with E-state index in [1.807, 2.05) is 37.3 Å². The van der Waals surface area contributed by atoms with Gasteiger partial charge >= 0.3 is 0 Å². The Hall–Kier alpha value is -2.36. The van der Waals surface area contributed by atoms with Gasteiger partial charge in [0.15, 0.2) is 5.65 Å². The zero-order valence-corrected chi connectivity index (χ0v) is 22.5. The fourth-order valence-electron chi connectivity index (χ4n) is 4.49. The van der Waals surface area contributed by atoms with Gasteiger partial charge in [0.1, 0.15) is 10.7 Å². The number of piperidine rings is 1. The van der Waals surface area contributed by atoms with Crippen molar-refractivity contribution in [3.05, 3.63) is 75.4 Å². The second kappa shape index (κ2) is 10.2. The molecule has 4 aromatic rings. The van der Waals surface area contributed by atoms with E-state index in [1.165, 1.54) is 10.4 Å². The number of hydrogen-bond donors (Lipinski definition) is 1. The van der Waals surface area contributed by atoms with Crippen LogP contribution in [0.4, 0.5) is 5.82 Å². The second-order valence-electron chi connectivity index (χ2n) is 8.87. The third kappa shape index (κ3) is 4.80. The molecule has 0 aliphatic carbocycles. The molecule has 5 rings (SSSR count). The van der Waals surface area contributed by atoms with Crippen LogP contribution in [0, 0.1) is 12.8 Å². The molecule has 7 nitrogen and oxygen atoms in total. The van der Waals surface area contributed by atoms with Crippen molar-refractivity contribution in [3.63, 3.8) is 0 Å². The average molecular weight is 565 g/mol. The van der Waals surface area contributed by atoms with Gasteiger partial charge in [0.05, 0.1) is 21.9 Å². The number of nitrogens with one attached hydrogen (secondary N) is 1. The molecule has 36 heavy (non-hydrogen) atoms. The van der Waals surface area contributed by atoms with Crippen molar-refractivity contribution >= 4 is 56.3 Å². The minimum atomic E-state index is -3.76. The minimum absolute atomic E-state index is 0.0394. The Morgan fingerprint density at radius 2 is 1.86 bits per heavy atom. The molecular formula is C25H24Cl3N5O2S. The third-order valence-corrected chi connectivity index (χ3v) is 9.55. The van der Waals surface area contributed by atoms with E-state index in [4.69, 9.17) is 39.8 Å². The minimum Gasteiger partial charge on any atom is -0.370 e. The van der Waals surface area contributed by atoms with Gasteiger partial charge in [0, 0.05) is 41.9 Å². The molecule has 0 saturated carbocycles. The summed E-state index contributed by atoms with van der Waals surface area (Å²) in [6.07, 6.45) is 3.42. The topological polar surface area (TPSA) is 79.6 Å². The van der Waals surface area contributed by atoms with E-state index in [2.05, 4.69) is 10.4 Å². The van der Waals surface area contributed by atoms with Crippen molar-refractivity contribution in [2.75, 3.05) is 25.0 Å². The normalized spacial score (nSPS) is 16.9. The van der Waals surface area contributed by atoms with Gasteiger partial charge in [0.25, 0.3) is 0 Å². The highest BCUT2D eigenvalue weighted by molar-refractivity contribution is 7.89. The fourth-order valence-corrected chi connectivity index (χ4v) is 7.01. The van der Waals surface area contributed by atoms with Crippen molar-refractivity contribution in [1.29, 1.82) is 0 Å². The van der Waals surface area contributed by atoms with E-state index in [0.29, 0.717) is 24.7 Å². The van der Waals surface area contributed by atoms with Crippen molar-refractivity contribution in [2.24, 2.45) is 5.92 Å². The lowest BCUT2D eigenvalue weighted by molar-refractivity contribution is 0.275. The highest BCUT2D eigenvalue weighted by atomic mass is 35.5. The van der Waals surface area contributed by atoms with Crippen LogP contribution in [0.3, 0.4) is 0 Å². The lowest BCUT2D eigenvalue weighted by Gasteiger charge is -2.32. The average Bonchev–Trinajstić information content (AvgIpc) is 3.25. The summed E-state index contributed by atoms with van der Waals surface area (Å²) < 4.78 is 29.9. The quantitative estimate of drug-likeness (QED) is 0.303. The first-order chi connectivity index (χ1) is 17.3. The summed E-state index contributed by atoms with van der Waals surface area (Å²) >= 11 is 18.8. The standard InChI is InChI=1S/C25H24Cl3N5O2S/c1-16-13-30-33-23(12-21(31-25(16)33)18-7-2-3-8-19(18)26)29-14-17-6-5-11-32(15-17)36(34,35)22-10-4-9-20(27)24(22)28/h2-4,7-10,12-13,17,29H,5-6,11,14-15H2,1H3. The molecule has 1 atom stereocenters. The second-order valence-corrected chi connectivity index (χ2v) is 12.0. The van der Waals surface area contributed by atoms with Crippen molar-refractivity contribution in [1.82, 2.24) is 18.9 Å². The molecule has 1 aliphatic rings. The smallest absolute Gasteiger partial charge is 0.244 e. The molecule has 2 aromatic heterocycles. The van der Waals surface area contributed by atoms with E-state index in [0.717, 1.165) is 41.1 Å². The molecule has 11 heteroatoms. The zero-order chi connectivity index (χ0) is 25.4. The van der Waals surface area contributed by atoms with Crippen LogP contribution in [0.2, 0.25) is 15.1 Å². The number of aryl methyl sites for hydroxylation is 1. The third-order valence-electron chi connectivity index (χ3n) is 6.39. The van der Waals surface area contributed by atoms with Gasteiger partial charge in [-0.15, -0.1) is 0 Å². The molecule has 1 aliphatic heterocycles. The Kier molecular flexibility index (Phi) is 7.16. The van der Waals surface area contributed by atoms with Crippen LogP contribution in [0.25, 0.3) is 16.9 Å². The molecule has 0 radical (unpaired) electrons. The maximum absolute atomic E-state index is 13.3. The molecule has 1 N–H and O–H groups in total. The predicted octanol–water partition coefficient (Wildman–Crippen LogP) is 6.18. The number of sulfonamides is 1. The predicted molar refractivity (Wildman–Crippen MR) is 145 cm³/mol. The summed E-state index contributed by atoms with van der Waals surface area (Å²) in [5, 5.41) is 8.85. The Balaban J connectivity index is 1.39. The van der Waals surface area contributed by atoms with E-state index in [1.54, 1.807) is 22.8 Å². The molecule has 3 heterocycles. The van der Waals surface area contributed by atoms with Crippen LogP contribution < -0.4 is 5.32 Å². The largest absolute Gasteiger partial charge is 0.370 e. The summed E-state index contributed by atoms with van der Waals surface area (Å²) in [4.78, 5) is 4.82. The van der Waals surface area contributed by atoms with E-state index in [-0.39, 0.29) is 20.9 Å². The number of benzene rings is 2. The number of halogens is 3. The van der Waals surface area contributed by atoms with E-state index in [9.17, 15) is 8.42 Å². The number of fused-ring (bicyclic) bond motifs is 1. The van der Waals surface area contributed by atoms with Crippen LogP contribution in [0.5, 0.6) is 0 Å². The molecule has 0 bridgehead atoms. The van der Waals surface area contributed by atoms with E-state index < -0.39 is 10.0 Å². The van der Waals surface area contributed by atoms with Crippen LogP contribution in [-0.4, -0.2) is 47.0 Å². The van der Waals surface area contributed by atoms with E-state index >= 15 is 0 Å². The van der Waals surface area contributed by atoms with Crippen LogP contribution in [0.15, 0.2) is 59.6 Å². The molecule has 1 unspecified atom stereocenters. The van der Waals surface area contributed by atoms with Crippen LogP contribution >= 0.6 is 34.8 Å². The SMILES string of the molecule is Cc1cnn2c(NCC3CCCN(S(=O)(=O)c4cccc(Cl)c4Cl)C3)cc(-c3ccccc3Cl)nc12. The first-order valence-corrected chi connectivity index (χ1v) is 14.1.